The fourth-order valence-electron chi connectivity index (χ4n) is 4.83. The van der Waals surface area contributed by atoms with Crippen molar-refractivity contribution in [2.75, 3.05) is 26.8 Å². The molecule has 2 atom stereocenters. The summed E-state index contributed by atoms with van der Waals surface area (Å²) in [4.78, 5) is 2.58. The minimum Gasteiger partial charge on any atom is -0.493 e. The van der Waals surface area contributed by atoms with Gasteiger partial charge >= 0.3 is 0 Å². The smallest absolute Gasteiger partial charge is 0.161 e. The Morgan fingerprint density at radius 2 is 2.00 bits per heavy atom. The molecular weight excluding hydrogens is 364 g/mol. The van der Waals surface area contributed by atoms with E-state index in [-0.39, 0.29) is 11.0 Å². The average molecular weight is 399 g/mol. The van der Waals surface area contributed by atoms with E-state index in [2.05, 4.69) is 43.9 Å². The minimum atomic E-state index is -0.0921. The van der Waals surface area contributed by atoms with Crippen molar-refractivity contribution in [3.63, 3.8) is 0 Å². The Morgan fingerprint density at radius 3 is 2.66 bits per heavy atom. The Hall–Kier alpha value is -1.77. The van der Waals surface area contributed by atoms with Crippen LogP contribution in [0, 0.1) is 16.7 Å². The molecule has 0 aromatic heterocycles. The van der Waals surface area contributed by atoms with E-state index >= 15 is 0 Å². The molecule has 5 heteroatoms. The predicted octanol–water partition coefficient (Wildman–Crippen LogP) is 4.64. The fourth-order valence-corrected chi connectivity index (χ4v) is 4.83. The lowest BCUT2D eigenvalue weighted by Crippen LogP contribution is -2.47. The van der Waals surface area contributed by atoms with Gasteiger partial charge in [0.15, 0.2) is 11.5 Å². The second kappa shape index (κ2) is 7.81. The van der Waals surface area contributed by atoms with E-state index in [4.69, 9.17) is 19.5 Å². The van der Waals surface area contributed by atoms with E-state index in [1.807, 2.05) is 0 Å². The van der Waals surface area contributed by atoms with Crippen molar-refractivity contribution in [1.82, 2.24) is 4.90 Å². The van der Waals surface area contributed by atoms with Gasteiger partial charge in [0.05, 0.1) is 31.5 Å². The topological polar surface area (TPSA) is 54.7 Å². The van der Waals surface area contributed by atoms with Crippen LogP contribution >= 0.6 is 0 Å². The second-order valence-corrected chi connectivity index (χ2v) is 10.0. The average Bonchev–Trinajstić information content (AvgIpc) is 3.44. The van der Waals surface area contributed by atoms with Crippen molar-refractivity contribution >= 4 is 0 Å². The molecule has 3 aliphatic rings. The summed E-state index contributed by atoms with van der Waals surface area (Å²) in [6.45, 7) is 9.08. The number of hydrogen-bond donors (Lipinski definition) is 0. The molecule has 0 bridgehead atoms. The van der Waals surface area contributed by atoms with Gasteiger partial charge in [0.25, 0.3) is 0 Å². The predicted molar refractivity (Wildman–Crippen MR) is 112 cm³/mol. The van der Waals surface area contributed by atoms with Crippen molar-refractivity contribution in [3.8, 4) is 17.6 Å². The van der Waals surface area contributed by atoms with Gasteiger partial charge < -0.3 is 14.2 Å². The summed E-state index contributed by atoms with van der Waals surface area (Å²) in [6.07, 6.45) is 6.29. The highest BCUT2D eigenvalue weighted by Crippen LogP contribution is 2.49. The summed E-state index contributed by atoms with van der Waals surface area (Å²) in [6, 6.07) is 7.12. The quantitative estimate of drug-likeness (QED) is 0.698. The van der Waals surface area contributed by atoms with Crippen LogP contribution in [0.3, 0.4) is 0 Å². The molecule has 5 nitrogen and oxygen atoms in total. The number of benzene rings is 1. The lowest BCUT2D eigenvalue weighted by atomic mass is 9.85. The molecule has 0 radical (unpaired) electrons. The van der Waals surface area contributed by atoms with Crippen molar-refractivity contribution < 1.29 is 14.2 Å². The first kappa shape index (κ1) is 20.5. The molecule has 2 fully saturated rings. The highest BCUT2D eigenvalue weighted by molar-refractivity contribution is 5.49. The number of hydrogen-bond acceptors (Lipinski definition) is 5. The highest BCUT2D eigenvalue weighted by Gasteiger charge is 2.43. The Morgan fingerprint density at radius 1 is 1.21 bits per heavy atom. The zero-order chi connectivity index (χ0) is 20.6. The standard InChI is InChI=1S/C24H34N2O3/c1-23(2,3)29-18-5-6-20-19-14-21(27-4)22(13-17(19)7-12-26(20)15-18)28-16-24(8-9-24)10-11-25/h13-14,18,20H,5-10,12,15-16H2,1-4H3. The van der Waals surface area contributed by atoms with Crippen LogP contribution in [0.15, 0.2) is 12.1 Å². The van der Waals surface area contributed by atoms with E-state index in [1.165, 1.54) is 11.1 Å². The molecule has 0 N–H and O–H groups in total. The van der Waals surface area contributed by atoms with Crippen LogP contribution in [0.1, 0.15) is 70.0 Å². The molecule has 1 aromatic carbocycles. The summed E-state index contributed by atoms with van der Waals surface area (Å²) in [7, 11) is 1.71. The number of ether oxygens (including phenoxy) is 3. The van der Waals surface area contributed by atoms with E-state index in [9.17, 15) is 0 Å². The second-order valence-electron chi connectivity index (χ2n) is 10.0. The Bertz CT molecular complexity index is 789. The Kier molecular flexibility index (Phi) is 5.52. The molecule has 0 amide bonds. The molecule has 1 aliphatic carbocycles. The van der Waals surface area contributed by atoms with Gasteiger partial charge in [0.2, 0.25) is 0 Å². The van der Waals surface area contributed by atoms with Crippen LogP contribution in [-0.4, -0.2) is 43.4 Å². The number of nitrogens with zero attached hydrogens (tertiary/aromatic N) is 2. The first-order valence-corrected chi connectivity index (χ1v) is 10.9. The number of methoxy groups -OCH3 is 1. The van der Waals surface area contributed by atoms with Gasteiger partial charge in [-0.15, -0.1) is 0 Å². The summed E-state index contributed by atoms with van der Waals surface area (Å²) in [5.74, 6) is 1.64. The minimum absolute atomic E-state index is 0.0674. The van der Waals surface area contributed by atoms with Gasteiger partial charge in [0.1, 0.15) is 0 Å². The third-order valence-electron chi connectivity index (χ3n) is 6.56. The number of rotatable bonds is 6. The molecule has 1 saturated heterocycles. The molecule has 2 unspecified atom stereocenters. The molecular formula is C24H34N2O3. The maximum atomic E-state index is 9.05. The zero-order valence-corrected chi connectivity index (χ0v) is 18.3. The summed E-state index contributed by atoms with van der Waals surface area (Å²) < 4.78 is 18.1. The van der Waals surface area contributed by atoms with Crippen LogP contribution in [0.25, 0.3) is 0 Å². The monoisotopic (exact) mass is 398 g/mol. The maximum absolute atomic E-state index is 9.05. The number of nitriles is 1. The lowest BCUT2D eigenvalue weighted by Gasteiger charge is -2.44. The van der Waals surface area contributed by atoms with Crippen molar-refractivity contribution in [3.05, 3.63) is 23.3 Å². The third kappa shape index (κ3) is 4.54. The van der Waals surface area contributed by atoms with Gasteiger partial charge in [-0.05, 0) is 76.1 Å². The normalized spacial score (nSPS) is 25.5. The fraction of sp³-hybridized carbons (Fsp3) is 0.708. The molecule has 1 saturated carbocycles. The summed E-state index contributed by atoms with van der Waals surface area (Å²) >= 11 is 0. The van der Waals surface area contributed by atoms with Crippen molar-refractivity contribution in [1.29, 1.82) is 5.26 Å². The van der Waals surface area contributed by atoms with Crippen molar-refractivity contribution in [2.45, 2.75) is 77.0 Å². The van der Waals surface area contributed by atoms with E-state index in [0.717, 1.165) is 56.7 Å². The van der Waals surface area contributed by atoms with Gasteiger partial charge in [-0.3, -0.25) is 4.90 Å². The van der Waals surface area contributed by atoms with Crippen LogP contribution in [-0.2, 0) is 11.2 Å². The van der Waals surface area contributed by atoms with Crippen LogP contribution in [0.4, 0.5) is 0 Å². The first-order chi connectivity index (χ1) is 13.8. The van der Waals surface area contributed by atoms with Gasteiger partial charge in [-0.1, -0.05) is 0 Å². The Balaban J connectivity index is 1.48. The highest BCUT2D eigenvalue weighted by atomic mass is 16.5. The third-order valence-corrected chi connectivity index (χ3v) is 6.56. The van der Waals surface area contributed by atoms with Gasteiger partial charge in [-0.25, -0.2) is 0 Å². The molecule has 1 aromatic rings. The Labute approximate surface area is 174 Å². The molecule has 4 rings (SSSR count). The molecule has 29 heavy (non-hydrogen) atoms. The number of fused-ring (bicyclic) bond motifs is 3. The molecule has 0 spiro atoms. The molecule has 158 valence electrons. The number of piperidine rings is 1. The van der Waals surface area contributed by atoms with E-state index < -0.39 is 0 Å². The first-order valence-electron chi connectivity index (χ1n) is 10.9. The van der Waals surface area contributed by atoms with Crippen molar-refractivity contribution in [2.24, 2.45) is 5.41 Å². The lowest BCUT2D eigenvalue weighted by molar-refractivity contribution is -0.0971. The maximum Gasteiger partial charge on any atom is 0.161 e. The van der Waals surface area contributed by atoms with Crippen LogP contribution < -0.4 is 9.47 Å². The van der Waals surface area contributed by atoms with E-state index in [1.54, 1.807) is 7.11 Å². The van der Waals surface area contributed by atoms with Crippen LogP contribution in [0.2, 0.25) is 0 Å². The van der Waals surface area contributed by atoms with Crippen LogP contribution in [0.5, 0.6) is 11.5 Å². The molecule has 2 heterocycles. The van der Waals surface area contributed by atoms with E-state index in [0.29, 0.717) is 25.2 Å². The summed E-state index contributed by atoms with van der Waals surface area (Å²) in [5.41, 5.74) is 2.73. The summed E-state index contributed by atoms with van der Waals surface area (Å²) in [5, 5.41) is 9.05. The largest absolute Gasteiger partial charge is 0.493 e. The van der Waals surface area contributed by atoms with Gasteiger partial charge in [0, 0.05) is 31.0 Å². The SMILES string of the molecule is COc1cc2c(cc1OCC1(CC#N)CC1)CCN1CC(OC(C)(C)C)CCC21. The van der Waals surface area contributed by atoms with Gasteiger partial charge in [-0.2, -0.15) is 5.26 Å². The molecule has 2 aliphatic heterocycles. The zero-order valence-electron chi connectivity index (χ0n) is 18.3.